The molecule has 3 amide bonds. The molecule has 5 nitrogen and oxygen atoms in total. The molecule has 1 aromatic carbocycles. The third-order valence-electron chi connectivity index (χ3n) is 1.89. The predicted octanol–water partition coefficient (Wildman–Crippen LogP) is 1.61. The number of benzene rings is 1. The van der Waals surface area contributed by atoms with Crippen molar-refractivity contribution in [3.8, 4) is 0 Å². The third kappa shape index (κ3) is 4.74. The second kappa shape index (κ2) is 6.61. The summed E-state index contributed by atoms with van der Waals surface area (Å²) in [7, 11) is 0. The fourth-order valence-electron chi connectivity index (χ4n) is 1.13. The molecule has 0 fully saturated rings. The van der Waals surface area contributed by atoms with Crippen molar-refractivity contribution < 1.29 is 9.59 Å². The number of carbonyl (C=O) groups is 2. The molecule has 0 aliphatic rings. The van der Waals surface area contributed by atoms with E-state index in [2.05, 4.69) is 42.5 Å². The van der Waals surface area contributed by atoms with Crippen LogP contribution in [0.15, 0.2) is 27.1 Å². The molecule has 17 heavy (non-hydrogen) atoms. The summed E-state index contributed by atoms with van der Waals surface area (Å²) in [5.74, 6) is -0.212. The van der Waals surface area contributed by atoms with Gasteiger partial charge in [0, 0.05) is 22.0 Å². The van der Waals surface area contributed by atoms with E-state index >= 15 is 0 Å². The van der Waals surface area contributed by atoms with Crippen LogP contribution < -0.4 is 16.4 Å². The van der Waals surface area contributed by atoms with Gasteiger partial charge in [-0.3, -0.25) is 4.79 Å². The van der Waals surface area contributed by atoms with Gasteiger partial charge in [0.25, 0.3) is 5.91 Å². The normalized spacial score (nSPS) is 9.76. The minimum Gasteiger partial charge on any atom is -0.352 e. The molecule has 1 rings (SSSR count). The molecule has 0 heterocycles. The van der Waals surface area contributed by atoms with Crippen LogP contribution in [0.2, 0.25) is 0 Å². The molecule has 0 spiro atoms. The molecule has 0 aliphatic carbocycles. The average Bonchev–Trinajstić information content (AvgIpc) is 2.23. The fraction of sp³-hybridized carbons (Fsp3) is 0.200. The van der Waals surface area contributed by atoms with E-state index in [1.807, 2.05) is 0 Å². The number of amides is 3. The highest BCUT2D eigenvalue weighted by atomic mass is 79.9. The lowest BCUT2D eigenvalue weighted by Crippen LogP contribution is -2.37. The van der Waals surface area contributed by atoms with Gasteiger partial charge >= 0.3 is 6.03 Å². The summed E-state index contributed by atoms with van der Waals surface area (Å²) in [5, 5.41) is 5.04. The van der Waals surface area contributed by atoms with Crippen molar-refractivity contribution in [2.45, 2.75) is 0 Å². The molecule has 0 bridgehead atoms. The molecule has 0 unspecified atom stereocenters. The van der Waals surface area contributed by atoms with E-state index in [1.54, 1.807) is 18.2 Å². The number of hydrogen-bond donors (Lipinski definition) is 3. The van der Waals surface area contributed by atoms with Crippen LogP contribution in [0.4, 0.5) is 4.79 Å². The number of halogens is 2. The SMILES string of the molecule is NC(=O)NCCNC(=O)c1ccc(Br)cc1Br. The molecule has 92 valence electrons. The highest BCUT2D eigenvalue weighted by Gasteiger charge is 2.09. The van der Waals surface area contributed by atoms with E-state index in [1.165, 1.54) is 0 Å². The largest absolute Gasteiger partial charge is 0.352 e. The van der Waals surface area contributed by atoms with Gasteiger partial charge in [0.1, 0.15) is 0 Å². The lowest BCUT2D eigenvalue weighted by Gasteiger charge is -2.07. The van der Waals surface area contributed by atoms with Gasteiger partial charge in [0.2, 0.25) is 0 Å². The van der Waals surface area contributed by atoms with Gasteiger partial charge in [-0.25, -0.2) is 4.79 Å². The van der Waals surface area contributed by atoms with E-state index in [9.17, 15) is 9.59 Å². The monoisotopic (exact) mass is 363 g/mol. The average molecular weight is 365 g/mol. The lowest BCUT2D eigenvalue weighted by molar-refractivity contribution is 0.0953. The van der Waals surface area contributed by atoms with Crippen molar-refractivity contribution in [2.75, 3.05) is 13.1 Å². The van der Waals surface area contributed by atoms with Crippen molar-refractivity contribution >= 4 is 43.8 Å². The van der Waals surface area contributed by atoms with E-state index in [0.29, 0.717) is 23.1 Å². The van der Waals surface area contributed by atoms with Crippen molar-refractivity contribution in [1.82, 2.24) is 10.6 Å². The first-order valence-corrected chi connectivity index (χ1v) is 6.36. The Hall–Kier alpha value is -1.08. The summed E-state index contributed by atoms with van der Waals surface area (Å²) in [5.41, 5.74) is 5.42. The smallest absolute Gasteiger partial charge is 0.312 e. The predicted molar refractivity (Wildman–Crippen MR) is 71.8 cm³/mol. The second-order valence-corrected chi connectivity index (χ2v) is 4.94. The number of nitrogens with one attached hydrogen (secondary N) is 2. The van der Waals surface area contributed by atoms with Gasteiger partial charge in [0.05, 0.1) is 5.56 Å². The molecule has 4 N–H and O–H groups in total. The molecule has 0 saturated heterocycles. The summed E-state index contributed by atoms with van der Waals surface area (Å²) in [4.78, 5) is 22.1. The molecule has 0 saturated carbocycles. The minimum absolute atomic E-state index is 0.212. The molecule has 0 aliphatic heterocycles. The van der Waals surface area contributed by atoms with Crippen LogP contribution in [-0.2, 0) is 0 Å². The number of carbonyl (C=O) groups excluding carboxylic acids is 2. The fourth-order valence-corrected chi connectivity index (χ4v) is 2.36. The summed E-state index contributed by atoms with van der Waals surface area (Å²) in [6, 6.07) is 4.66. The maximum absolute atomic E-state index is 11.7. The van der Waals surface area contributed by atoms with Crippen LogP contribution in [0, 0.1) is 0 Å². The third-order valence-corrected chi connectivity index (χ3v) is 3.03. The molecule has 1 aromatic rings. The molecule has 7 heteroatoms. The first-order valence-electron chi connectivity index (χ1n) is 4.77. The van der Waals surface area contributed by atoms with Crippen LogP contribution in [0.5, 0.6) is 0 Å². The Labute approximate surface area is 115 Å². The second-order valence-electron chi connectivity index (χ2n) is 3.17. The highest BCUT2D eigenvalue weighted by molar-refractivity contribution is 9.11. The van der Waals surface area contributed by atoms with Crippen LogP contribution in [-0.4, -0.2) is 25.0 Å². The number of primary amides is 1. The molecule has 0 radical (unpaired) electrons. The zero-order valence-electron chi connectivity index (χ0n) is 8.80. The first kappa shape index (κ1) is 14.0. The minimum atomic E-state index is -0.607. The van der Waals surface area contributed by atoms with Gasteiger partial charge in [0.15, 0.2) is 0 Å². The van der Waals surface area contributed by atoms with Crippen LogP contribution in [0.3, 0.4) is 0 Å². The van der Waals surface area contributed by atoms with Crippen LogP contribution >= 0.6 is 31.9 Å². The Morgan fingerprint density at radius 2 is 1.82 bits per heavy atom. The van der Waals surface area contributed by atoms with Gasteiger partial charge < -0.3 is 16.4 Å². The Kier molecular flexibility index (Phi) is 5.43. The van der Waals surface area contributed by atoms with E-state index in [4.69, 9.17) is 5.73 Å². The first-order chi connectivity index (χ1) is 8.00. The summed E-state index contributed by atoms with van der Waals surface area (Å²) < 4.78 is 1.59. The van der Waals surface area contributed by atoms with Gasteiger partial charge in [-0.05, 0) is 34.1 Å². The van der Waals surface area contributed by atoms with Crippen molar-refractivity contribution in [1.29, 1.82) is 0 Å². The summed E-state index contributed by atoms with van der Waals surface area (Å²) in [6.45, 7) is 0.625. The Morgan fingerprint density at radius 3 is 2.41 bits per heavy atom. The van der Waals surface area contributed by atoms with E-state index in [0.717, 1.165) is 4.47 Å². The van der Waals surface area contributed by atoms with Crippen molar-refractivity contribution in [3.63, 3.8) is 0 Å². The number of urea groups is 1. The Bertz CT molecular complexity index is 438. The standard InChI is InChI=1S/C10H11Br2N3O2/c11-6-1-2-7(8(12)5-6)9(16)14-3-4-15-10(13)17/h1-2,5H,3-4H2,(H,14,16)(H3,13,15,17). The maximum atomic E-state index is 11.7. The summed E-state index contributed by atoms with van der Waals surface area (Å²) >= 11 is 6.60. The van der Waals surface area contributed by atoms with Crippen LogP contribution in [0.25, 0.3) is 0 Å². The number of nitrogens with two attached hydrogens (primary N) is 1. The Balaban J connectivity index is 2.50. The number of rotatable bonds is 4. The zero-order valence-corrected chi connectivity index (χ0v) is 12.0. The quantitative estimate of drug-likeness (QED) is 0.709. The molecule has 0 atom stereocenters. The van der Waals surface area contributed by atoms with Crippen molar-refractivity contribution in [3.05, 3.63) is 32.7 Å². The lowest BCUT2D eigenvalue weighted by atomic mass is 10.2. The topological polar surface area (TPSA) is 84.2 Å². The molecular weight excluding hydrogens is 354 g/mol. The van der Waals surface area contributed by atoms with Crippen LogP contribution in [0.1, 0.15) is 10.4 Å². The number of hydrogen-bond acceptors (Lipinski definition) is 2. The van der Waals surface area contributed by atoms with E-state index < -0.39 is 6.03 Å². The molecular formula is C10H11Br2N3O2. The van der Waals surface area contributed by atoms with Gasteiger partial charge in [-0.1, -0.05) is 15.9 Å². The zero-order chi connectivity index (χ0) is 12.8. The van der Waals surface area contributed by atoms with E-state index in [-0.39, 0.29) is 5.91 Å². The highest BCUT2D eigenvalue weighted by Crippen LogP contribution is 2.21. The van der Waals surface area contributed by atoms with Gasteiger partial charge in [-0.15, -0.1) is 0 Å². The van der Waals surface area contributed by atoms with Crippen molar-refractivity contribution in [2.24, 2.45) is 5.73 Å². The maximum Gasteiger partial charge on any atom is 0.312 e. The van der Waals surface area contributed by atoms with Gasteiger partial charge in [-0.2, -0.15) is 0 Å². The molecule has 0 aromatic heterocycles. The summed E-state index contributed by atoms with van der Waals surface area (Å²) in [6.07, 6.45) is 0. The Morgan fingerprint density at radius 1 is 1.18 bits per heavy atom.